The van der Waals surface area contributed by atoms with Crippen molar-refractivity contribution in [2.45, 2.75) is 38.0 Å². The van der Waals surface area contributed by atoms with Crippen LogP contribution in [-0.4, -0.2) is 28.2 Å². The summed E-state index contributed by atoms with van der Waals surface area (Å²) in [5.41, 5.74) is 10.2. The summed E-state index contributed by atoms with van der Waals surface area (Å²) in [6.07, 6.45) is 2.08. The molecule has 2 unspecified atom stereocenters. The Labute approximate surface area is 163 Å². The van der Waals surface area contributed by atoms with Crippen LogP contribution in [-0.2, 0) is 17.8 Å². The standard InChI is InChI=1S/C20H23BClNO4/c22-18-9-15-8-14(5-2-6-21(26)27)19(20(24)25)17(15)10-16(18)13-4-1-3-12(7-13)11-23/h1,3-4,7,9-10,14,19,26-27H,2,5-6,8,11,23H2,(H,24,25). The Bertz CT molecular complexity index is 843. The van der Waals surface area contributed by atoms with E-state index in [1.54, 1.807) is 0 Å². The molecule has 0 saturated carbocycles. The third kappa shape index (κ3) is 4.35. The van der Waals surface area contributed by atoms with Crippen LogP contribution in [0.5, 0.6) is 0 Å². The van der Waals surface area contributed by atoms with E-state index in [0.717, 1.165) is 27.8 Å². The van der Waals surface area contributed by atoms with Gasteiger partial charge < -0.3 is 20.9 Å². The van der Waals surface area contributed by atoms with Gasteiger partial charge in [-0.05, 0) is 65.5 Å². The molecule has 7 heteroatoms. The van der Waals surface area contributed by atoms with Crippen LogP contribution in [0.4, 0.5) is 0 Å². The molecule has 0 amide bonds. The third-order valence-corrected chi connectivity index (χ3v) is 5.61. The first-order chi connectivity index (χ1) is 12.9. The predicted molar refractivity (Wildman–Crippen MR) is 107 cm³/mol. The highest BCUT2D eigenvalue weighted by atomic mass is 35.5. The minimum Gasteiger partial charge on any atom is -0.481 e. The molecule has 3 rings (SSSR count). The zero-order valence-corrected chi connectivity index (χ0v) is 15.7. The van der Waals surface area contributed by atoms with E-state index >= 15 is 0 Å². The van der Waals surface area contributed by atoms with E-state index in [1.165, 1.54) is 0 Å². The lowest BCUT2D eigenvalue weighted by Crippen LogP contribution is -2.18. The Morgan fingerprint density at radius 2 is 2.04 bits per heavy atom. The number of carboxylic acid groups (broad SMARTS) is 1. The second-order valence-electron chi connectivity index (χ2n) is 7.13. The SMILES string of the molecule is NCc1cccc(-c2cc3c(cc2Cl)CC(CCCB(O)O)C3C(=O)O)c1. The smallest absolute Gasteiger partial charge is 0.451 e. The van der Waals surface area contributed by atoms with Gasteiger partial charge in [-0.3, -0.25) is 4.79 Å². The van der Waals surface area contributed by atoms with Gasteiger partial charge in [0.1, 0.15) is 0 Å². The van der Waals surface area contributed by atoms with Gasteiger partial charge in [-0.15, -0.1) is 0 Å². The molecular formula is C20H23BClNO4. The highest BCUT2D eigenvalue weighted by molar-refractivity contribution is 6.40. The van der Waals surface area contributed by atoms with Crippen LogP contribution in [0.25, 0.3) is 11.1 Å². The van der Waals surface area contributed by atoms with Crippen molar-refractivity contribution < 1.29 is 19.9 Å². The monoisotopic (exact) mass is 387 g/mol. The zero-order valence-electron chi connectivity index (χ0n) is 14.9. The first kappa shape index (κ1) is 19.9. The number of benzene rings is 2. The summed E-state index contributed by atoms with van der Waals surface area (Å²) < 4.78 is 0. The van der Waals surface area contributed by atoms with Crippen LogP contribution in [0.3, 0.4) is 0 Å². The molecule has 0 bridgehead atoms. The summed E-state index contributed by atoms with van der Waals surface area (Å²) >= 11 is 6.51. The van der Waals surface area contributed by atoms with Gasteiger partial charge in [-0.1, -0.05) is 36.2 Å². The van der Waals surface area contributed by atoms with Crippen molar-refractivity contribution in [2.75, 3.05) is 0 Å². The molecule has 0 spiro atoms. The van der Waals surface area contributed by atoms with E-state index in [1.807, 2.05) is 36.4 Å². The number of hydrogen-bond acceptors (Lipinski definition) is 4. The molecule has 0 aromatic heterocycles. The summed E-state index contributed by atoms with van der Waals surface area (Å²) in [5, 5.41) is 28.5. The molecule has 0 radical (unpaired) electrons. The van der Waals surface area contributed by atoms with Crippen LogP contribution >= 0.6 is 11.6 Å². The summed E-state index contributed by atoms with van der Waals surface area (Å²) in [5.74, 6) is -1.53. The van der Waals surface area contributed by atoms with E-state index in [2.05, 4.69) is 0 Å². The molecule has 5 N–H and O–H groups in total. The second-order valence-corrected chi connectivity index (χ2v) is 7.53. The fraction of sp³-hybridized carbons (Fsp3) is 0.350. The molecule has 5 nitrogen and oxygen atoms in total. The average molecular weight is 388 g/mol. The van der Waals surface area contributed by atoms with Crippen LogP contribution in [0.1, 0.15) is 35.4 Å². The first-order valence-electron chi connectivity index (χ1n) is 9.11. The van der Waals surface area contributed by atoms with Gasteiger partial charge in [0.25, 0.3) is 0 Å². The van der Waals surface area contributed by atoms with Crippen molar-refractivity contribution in [1.82, 2.24) is 0 Å². The van der Waals surface area contributed by atoms with Crippen molar-refractivity contribution in [3.8, 4) is 11.1 Å². The van der Waals surface area contributed by atoms with Crippen molar-refractivity contribution in [1.29, 1.82) is 0 Å². The molecule has 142 valence electrons. The minimum absolute atomic E-state index is 0.0713. The molecule has 2 aromatic rings. The number of hydrogen-bond donors (Lipinski definition) is 4. The maximum absolute atomic E-state index is 12.0. The van der Waals surface area contributed by atoms with E-state index in [-0.39, 0.29) is 12.2 Å². The lowest BCUT2D eigenvalue weighted by atomic mass is 9.80. The normalized spacial score (nSPS) is 18.4. The van der Waals surface area contributed by atoms with Crippen LogP contribution in [0.2, 0.25) is 11.3 Å². The Morgan fingerprint density at radius 1 is 1.26 bits per heavy atom. The van der Waals surface area contributed by atoms with Crippen LogP contribution < -0.4 is 5.73 Å². The van der Waals surface area contributed by atoms with Gasteiger partial charge in [0.05, 0.1) is 5.92 Å². The molecule has 0 saturated heterocycles. The topological polar surface area (TPSA) is 104 Å². The van der Waals surface area contributed by atoms with Crippen molar-refractivity contribution in [2.24, 2.45) is 11.7 Å². The van der Waals surface area contributed by atoms with E-state index in [4.69, 9.17) is 27.4 Å². The molecule has 2 atom stereocenters. The second kappa shape index (κ2) is 8.44. The van der Waals surface area contributed by atoms with Gasteiger partial charge in [-0.2, -0.15) is 0 Å². The van der Waals surface area contributed by atoms with Crippen molar-refractivity contribution >= 4 is 24.7 Å². The van der Waals surface area contributed by atoms with Gasteiger partial charge in [0, 0.05) is 17.1 Å². The molecule has 27 heavy (non-hydrogen) atoms. The van der Waals surface area contributed by atoms with Crippen LogP contribution in [0.15, 0.2) is 36.4 Å². The number of carbonyl (C=O) groups is 1. The summed E-state index contributed by atoms with van der Waals surface area (Å²) in [6, 6.07) is 11.5. The van der Waals surface area contributed by atoms with Gasteiger partial charge >= 0.3 is 13.1 Å². The molecule has 2 aromatic carbocycles. The van der Waals surface area contributed by atoms with E-state index in [0.29, 0.717) is 30.8 Å². The number of rotatable bonds is 7. The lowest BCUT2D eigenvalue weighted by Gasteiger charge is -2.17. The molecule has 0 aliphatic heterocycles. The number of aliphatic carboxylic acids is 1. The number of fused-ring (bicyclic) bond motifs is 1. The summed E-state index contributed by atoms with van der Waals surface area (Å²) in [4.78, 5) is 12.0. The van der Waals surface area contributed by atoms with Crippen molar-refractivity contribution in [3.05, 3.63) is 58.1 Å². The van der Waals surface area contributed by atoms with Gasteiger partial charge in [0.15, 0.2) is 0 Å². The fourth-order valence-electron chi connectivity index (χ4n) is 4.00. The maximum atomic E-state index is 12.0. The quantitative estimate of drug-likeness (QED) is 0.547. The largest absolute Gasteiger partial charge is 0.481 e. The van der Waals surface area contributed by atoms with E-state index < -0.39 is 19.0 Å². The maximum Gasteiger partial charge on any atom is 0.451 e. The highest BCUT2D eigenvalue weighted by Crippen LogP contribution is 2.44. The van der Waals surface area contributed by atoms with Crippen molar-refractivity contribution in [3.63, 3.8) is 0 Å². The van der Waals surface area contributed by atoms with Crippen LogP contribution in [0, 0.1) is 5.92 Å². The van der Waals surface area contributed by atoms with Gasteiger partial charge in [-0.25, -0.2) is 0 Å². The minimum atomic E-state index is -1.35. The Kier molecular flexibility index (Phi) is 6.22. The number of nitrogens with two attached hydrogens (primary N) is 1. The number of halogens is 1. The van der Waals surface area contributed by atoms with Gasteiger partial charge in [0.2, 0.25) is 0 Å². The predicted octanol–water partition coefficient (Wildman–Crippen LogP) is 3.06. The molecule has 1 aliphatic rings. The Hall–Kier alpha value is -1.86. The lowest BCUT2D eigenvalue weighted by molar-refractivity contribution is -0.139. The zero-order chi connectivity index (χ0) is 19.6. The molecule has 0 heterocycles. The average Bonchev–Trinajstić information content (AvgIpc) is 2.97. The van der Waals surface area contributed by atoms with E-state index in [9.17, 15) is 9.90 Å². The molecular weight excluding hydrogens is 364 g/mol. The fourth-order valence-corrected chi connectivity index (χ4v) is 4.30. The molecule has 0 fully saturated rings. The first-order valence-corrected chi connectivity index (χ1v) is 9.49. The third-order valence-electron chi connectivity index (χ3n) is 5.29. The Morgan fingerprint density at radius 3 is 2.70 bits per heavy atom. The summed E-state index contributed by atoms with van der Waals surface area (Å²) in [6.45, 7) is 0.424. The summed E-state index contributed by atoms with van der Waals surface area (Å²) in [7, 11) is -1.35. The number of carboxylic acids is 1. The Balaban J connectivity index is 1.94. The highest BCUT2D eigenvalue weighted by Gasteiger charge is 2.38. The molecule has 1 aliphatic carbocycles.